The van der Waals surface area contributed by atoms with Gasteiger partial charge in [-0.15, -0.1) is 0 Å². The first-order chi connectivity index (χ1) is 12.8. The summed E-state index contributed by atoms with van der Waals surface area (Å²) in [5.74, 6) is -1.82. The Bertz CT molecular complexity index is 667. The number of carbonyl (C=O) groups excluding carboxylic acids is 2. The molecule has 4 nitrogen and oxygen atoms in total. The summed E-state index contributed by atoms with van der Waals surface area (Å²) in [5.41, 5.74) is 0.294. The lowest BCUT2D eigenvalue weighted by Crippen LogP contribution is -2.47. The van der Waals surface area contributed by atoms with Gasteiger partial charge in [-0.25, -0.2) is 8.78 Å². The van der Waals surface area contributed by atoms with Crippen LogP contribution in [-0.4, -0.2) is 24.4 Å². The number of carbonyl (C=O) groups is 2. The standard InChI is InChI=1S/C21H28F2N2O2/c1-4-6-10-24-21(27)19(13-16-11-17(22)14-18(23)12-16)25-20(26)9-7-8-15(3)5-2/h4,6-7,9,11-12,14-15,19H,5,8,10,13H2,1-3H3,(H,24,27)(H,25,26)/b6-4-,9-7+/t15?,19-/m0/s1. The van der Waals surface area contributed by atoms with Gasteiger partial charge in [-0.2, -0.15) is 0 Å². The van der Waals surface area contributed by atoms with Gasteiger partial charge in [0.15, 0.2) is 0 Å². The Morgan fingerprint density at radius 3 is 2.41 bits per heavy atom. The minimum absolute atomic E-state index is 0.0126. The maximum absolute atomic E-state index is 13.4. The van der Waals surface area contributed by atoms with Crippen molar-refractivity contribution in [3.05, 3.63) is 59.7 Å². The lowest BCUT2D eigenvalue weighted by atomic mass is 10.0. The molecule has 0 heterocycles. The second-order valence-electron chi connectivity index (χ2n) is 6.51. The van der Waals surface area contributed by atoms with Crippen molar-refractivity contribution in [3.63, 3.8) is 0 Å². The molecule has 1 rings (SSSR count). The molecule has 1 unspecified atom stereocenters. The van der Waals surface area contributed by atoms with Crippen molar-refractivity contribution in [2.45, 2.75) is 46.1 Å². The van der Waals surface area contributed by atoms with Gasteiger partial charge in [0.1, 0.15) is 17.7 Å². The van der Waals surface area contributed by atoms with Crippen LogP contribution in [0.4, 0.5) is 8.78 Å². The van der Waals surface area contributed by atoms with E-state index in [2.05, 4.69) is 24.5 Å². The molecule has 1 aromatic carbocycles. The highest BCUT2D eigenvalue weighted by atomic mass is 19.1. The highest BCUT2D eigenvalue weighted by molar-refractivity contribution is 5.93. The van der Waals surface area contributed by atoms with Crippen molar-refractivity contribution < 1.29 is 18.4 Å². The summed E-state index contributed by atoms with van der Waals surface area (Å²) in [7, 11) is 0. The van der Waals surface area contributed by atoms with Crippen LogP contribution in [-0.2, 0) is 16.0 Å². The first kappa shape index (κ1) is 22.5. The normalized spacial score (nSPS) is 13.7. The molecule has 0 saturated heterocycles. The summed E-state index contributed by atoms with van der Waals surface area (Å²) in [5, 5.41) is 5.29. The molecule has 0 bridgehead atoms. The fourth-order valence-electron chi connectivity index (χ4n) is 2.37. The summed E-state index contributed by atoms with van der Waals surface area (Å²) in [4.78, 5) is 24.5. The molecule has 0 saturated carbocycles. The molecule has 1 aromatic rings. The molecule has 6 heteroatoms. The zero-order valence-electron chi connectivity index (χ0n) is 16.1. The van der Waals surface area contributed by atoms with Crippen molar-refractivity contribution in [2.24, 2.45) is 5.92 Å². The lowest BCUT2D eigenvalue weighted by Gasteiger charge is -2.17. The third kappa shape index (κ3) is 9.13. The molecule has 0 radical (unpaired) electrons. The van der Waals surface area contributed by atoms with Gasteiger partial charge in [0, 0.05) is 19.0 Å². The molecule has 0 fully saturated rings. The highest BCUT2D eigenvalue weighted by Crippen LogP contribution is 2.11. The molecule has 0 aromatic heterocycles. The van der Waals surface area contributed by atoms with Crippen LogP contribution >= 0.6 is 0 Å². The van der Waals surface area contributed by atoms with Gasteiger partial charge in [-0.1, -0.05) is 38.5 Å². The van der Waals surface area contributed by atoms with E-state index in [1.807, 2.05) is 6.92 Å². The van der Waals surface area contributed by atoms with Gasteiger partial charge in [0.05, 0.1) is 0 Å². The molecule has 2 atom stereocenters. The van der Waals surface area contributed by atoms with Crippen molar-refractivity contribution in [2.75, 3.05) is 6.54 Å². The Hall–Kier alpha value is -2.50. The van der Waals surface area contributed by atoms with E-state index in [-0.39, 0.29) is 6.42 Å². The number of amides is 2. The van der Waals surface area contributed by atoms with Crippen molar-refractivity contribution in [1.82, 2.24) is 10.6 Å². The third-order valence-electron chi connectivity index (χ3n) is 4.13. The molecule has 0 aliphatic heterocycles. The SMILES string of the molecule is C/C=C\CNC(=O)[C@H](Cc1cc(F)cc(F)c1)NC(=O)/C=C/CC(C)CC. The molecular formula is C21H28F2N2O2. The summed E-state index contributed by atoms with van der Waals surface area (Å²) in [6, 6.07) is 2.14. The molecule has 148 valence electrons. The van der Waals surface area contributed by atoms with Crippen LogP contribution in [0.5, 0.6) is 0 Å². The van der Waals surface area contributed by atoms with E-state index < -0.39 is 29.5 Å². The monoisotopic (exact) mass is 378 g/mol. The summed E-state index contributed by atoms with van der Waals surface area (Å²) >= 11 is 0. The van der Waals surface area contributed by atoms with Gasteiger partial charge >= 0.3 is 0 Å². The Balaban J connectivity index is 2.83. The fraction of sp³-hybridized carbons (Fsp3) is 0.429. The number of benzene rings is 1. The van der Waals surface area contributed by atoms with Crippen LogP contribution in [0.2, 0.25) is 0 Å². The number of allylic oxidation sites excluding steroid dienone is 2. The third-order valence-corrected chi connectivity index (χ3v) is 4.13. The summed E-state index contributed by atoms with van der Waals surface area (Å²) in [6.45, 7) is 6.28. The van der Waals surface area contributed by atoms with Crippen LogP contribution < -0.4 is 10.6 Å². The molecule has 27 heavy (non-hydrogen) atoms. The van der Waals surface area contributed by atoms with Crippen LogP contribution in [0.1, 0.15) is 39.2 Å². The minimum Gasteiger partial charge on any atom is -0.351 e. The molecular weight excluding hydrogens is 350 g/mol. The van der Waals surface area contributed by atoms with Gasteiger partial charge in [-0.3, -0.25) is 9.59 Å². The van der Waals surface area contributed by atoms with E-state index >= 15 is 0 Å². The quantitative estimate of drug-likeness (QED) is 0.482. The number of rotatable bonds is 10. The zero-order chi connectivity index (χ0) is 20.2. The van der Waals surface area contributed by atoms with Crippen LogP contribution in [0, 0.1) is 17.6 Å². The smallest absolute Gasteiger partial charge is 0.244 e. The largest absolute Gasteiger partial charge is 0.351 e. The van der Waals surface area contributed by atoms with Crippen LogP contribution in [0.3, 0.4) is 0 Å². The highest BCUT2D eigenvalue weighted by Gasteiger charge is 2.20. The molecule has 2 N–H and O–H groups in total. The predicted molar refractivity (Wildman–Crippen MR) is 103 cm³/mol. The van der Waals surface area contributed by atoms with E-state index in [0.29, 0.717) is 18.0 Å². The van der Waals surface area contributed by atoms with Crippen LogP contribution in [0.25, 0.3) is 0 Å². The van der Waals surface area contributed by atoms with Crippen LogP contribution in [0.15, 0.2) is 42.5 Å². The predicted octanol–water partition coefficient (Wildman–Crippen LogP) is 3.68. The minimum atomic E-state index is -0.933. The van der Waals surface area contributed by atoms with Gasteiger partial charge in [0.25, 0.3) is 0 Å². The summed E-state index contributed by atoms with van der Waals surface area (Å²) in [6.07, 6.45) is 8.45. The Kier molecular flexibility index (Phi) is 10.0. The summed E-state index contributed by atoms with van der Waals surface area (Å²) < 4.78 is 26.8. The van der Waals surface area contributed by atoms with E-state index in [1.54, 1.807) is 18.2 Å². The second-order valence-corrected chi connectivity index (χ2v) is 6.51. The average Bonchev–Trinajstić information content (AvgIpc) is 2.60. The van der Waals surface area contributed by atoms with E-state index in [4.69, 9.17) is 0 Å². The van der Waals surface area contributed by atoms with E-state index in [9.17, 15) is 18.4 Å². The lowest BCUT2D eigenvalue weighted by molar-refractivity contribution is -0.126. The molecule has 0 aliphatic carbocycles. The molecule has 2 amide bonds. The van der Waals surface area contributed by atoms with Crippen molar-refractivity contribution in [1.29, 1.82) is 0 Å². The number of halogens is 2. The average molecular weight is 378 g/mol. The first-order valence-electron chi connectivity index (χ1n) is 9.16. The zero-order valence-corrected chi connectivity index (χ0v) is 16.1. The van der Waals surface area contributed by atoms with Gasteiger partial charge in [-0.05, 0) is 43.0 Å². The topological polar surface area (TPSA) is 58.2 Å². The van der Waals surface area contributed by atoms with Crippen molar-refractivity contribution >= 4 is 11.8 Å². The Morgan fingerprint density at radius 2 is 1.81 bits per heavy atom. The Morgan fingerprint density at radius 1 is 1.15 bits per heavy atom. The number of nitrogens with one attached hydrogen (secondary N) is 2. The molecule has 0 spiro atoms. The van der Waals surface area contributed by atoms with Gasteiger partial charge < -0.3 is 10.6 Å². The van der Waals surface area contributed by atoms with Gasteiger partial charge in [0.2, 0.25) is 11.8 Å². The maximum atomic E-state index is 13.4. The van der Waals surface area contributed by atoms with E-state index in [0.717, 1.165) is 31.0 Å². The molecule has 0 aliphatic rings. The number of hydrogen-bond donors (Lipinski definition) is 2. The first-order valence-corrected chi connectivity index (χ1v) is 9.16. The maximum Gasteiger partial charge on any atom is 0.244 e. The van der Waals surface area contributed by atoms with Crippen molar-refractivity contribution in [3.8, 4) is 0 Å². The second kappa shape index (κ2) is 12.0. The number of hydrogen-bond acceptors (Lipinski definition) is 2. The Labute approximate surface area is 159 Å². The van der Waals surface area contributed by atoms with E-state index in [1.165, 1.54) is 6.08 Å². The fourth-order valence-corrected chi connectivity index (χ4v) is 2.37.